The predicted octanol–water partition coefficient (Wildman–Crippen LogP) is 1.16. The Morgan fingerprint density at radius 3 is 2.53 bits per heavy atom. The smallest absolute Gasteiger partial charge is 0.269 e. The second kappa shape index (κ2) is 8.38. The molecule has 1 aliphatic carbocycles. The maximum Gasteiger partial charge on any atom is 0.269 e. The minimum absolute atomic E-state index is 0.154. The summed E-state index contributed by atoms with van der Waals surface area (Å²) in [6.07, 6.45) is 1.39. The van der Waals surface area contributed by atoms with E-state index in [0.29, 0.717) is 30.9 Å². The molecule has 1 heterocycles. The third-order valence-electron chi connectivity index (χ3n) is 5.49. The third kappa shape index (κ3) is 4.12. The summed E-state index contributed by atoms with van der Waals surface area (Å²) in [6, 6.07) is 12.1. The van der Waals surface area contributed by atoms with Crippen molar-refractivity contribution >= 4 is 21.6 Å². The summed E-state index contributed by atoms with van der Waals surface area (Å²) in [7, 11) is 0.118. The van der Waals surface area contributed by atoms with Crippen LogP contribution in [0.25, 0.3) is 16.9 Å². The van der Waals surface area contributed by atoms with Crippen molar-refractivity contribution in [1.82, 2.24) is 19.4 Å². The largest absolute Gasteiger partial charge is 0.399 e. The Bertz CT molecular complexity index is 1280. The van der Waals surface area contributed by atoms with E-state index in [1.165, 1.54) is 12.1 Å². The average molecular weight is 455 g/mol. The fourth-order valence-corrected chi connectivity index (χ4v) is 4.92. The summed E-state index contributed by atoms with van der Waals surface area (Å²) in [4.78, 5) is 14.1. The van der Waals surface area contributed by atoms with Crippen LogP contribution < -0.4 is 16.2 Å². The molecular weight excluding hydrogens is 428 g/mol. The second-order valence-corrected chi connectivity index (χ2v) is 9.83. The molecule has 1 amide bonds. The number of fused-ring (bicyclic) bond motifs is 3. The van der Waals surface area contributed by atoms with Crippen molar-refractivity contribution in [1.29, 1.82) is 0 Å². The highest BCUT2D eigenvalue weighted by Crippen LogP contribution is 2.38. The lowest BCUT2D eigenvalue weighted by Gasteiger charge is -2.19. The Morgan fingerprint density at radius 2 is 1.88 bits per heavy atom. The van der Waals surface area contributed by atoms with Gasteiger partial charge in [0.2, 0.25) is 10.0 Å². The maximum atomic E-state index is 12.6. The quantitative estimate of drug-likeness (QED) is 0.458. The van der Waals surface area contributed by atoms with Crippen LogP contribution >= 0.6 is 0 Å². The lowest BCUT2D eigenvalue weighted by atomic mass is 9.88. The van der Waals surface area contributed by atoms with Crippen LogP contribution in [0, 0.1) is 0 Å². The van der Waals surface area contributed by atoms with Crippen LogP contribution in [-0.2, 0) is 22.9 Å². The fourth-order valence-electron chi connectivity index (χ4n) is 3.89. The molecule has 0 radical (unpaired) electrons. The van der Waals surface area contributed by atoms with Crippen LogP contribution in [0.15, 0.2) is 47.4 Å². The van der Waals surface area contributed by atoms with E-state index in [9.17, 15) is 13.2 Å². The van der Waals surface area contributed by atoms with Gasteiger partial charge in [-0.05, 0) is 68.9 Å². The molecule has 0 bridgehead atoms. The number of nitrogens with two attached hydrogens (primary N) is 2. The molecule has 168 valence electrons. The van der Waals surface area contributed by atoms with Gasteiger partial charge < -0.3 is 16.4 Å². The first-order chi connectivity index (χ1) is 15.2. The van der Waals surface area contributed by atoms with Gasteiger partial charge in [-0.25, -0.2) is 17.8 Å². The summed E-state index contributed by atoms with van der Waals surface area (Å²) in [5, 5.41) is 4.48. The van der Waals surface area contributed by atoms with Crippen LogP contribution in [0.2, 0.25) is 0 Å². The van der Waals surface area contributed by atoms with E-state index < -0.39 is 15.9 Å². The van der Waals surface area contributed by atoms with E-state index in [4.69, 9.17) is 11.5 Å². The monoisotopic (exact) mass is 454 g/mol. The Labute approximate surface area is 187 Å². The van der Waals surface area contributed by atoms with Crippen LogP contribution in [0.3, 0.4) is 0 Å². The van der Waals surface area contributed by atoms with Gasteiger partial charge in [-0.15, -0.1) is 0 Å². The van der Waals surface area contributed by atoms with Crippen molar-refractivity contribution < 1.29 is 13.2 Å². The molecule has 2 aromatic carbocycles. The Hall–Kier alpha value is -3.21. The molecule has 9 nitrogen and oxygen atoms in total. The number of hydrogen-bond donors (Lipinski definition) is 3. The highest BCUT2D eigenvalue weighted by atomic mass is 32.2. The number of aromatic nitrogens is 2. The number of anilines is 1. The van der Waals surface area contributed by atoms with E-state index in [1.807, 2.05) is 37.2 Å². The minimum atomic E-state index is -3.63. The average Bonchev–Trinajstić information content (AvgIpc) is 3.14. The van der Waals surface area contributed by atoms with Gasteiger partial charge in [-0.2, -0.15) is 5.10 Å². The maximum absolute atomic E-state index is 12.6. The molecular formula is C22H26N6O3S. The zero-order chi connectivity index (χ0) is 23.0. The molecule has 1 aliphatic rings. The summed E-state index contributed by atoms with van der Waals surface area (Å²) in [6.45, 7) is 0.902. The van der Waals surface area contributed by atoms with E-state index >= 15 is 0 Å². The van der Waals surface area contributed by atoms with Crippen molar-refractivity contribution in [2.45, 2.75) is 17.7 Å². The number of sulfonamides is 1. The molecule has 5 N–H and O–H groups in total. The number of benzene rings is 2. The van der Waals surface area contributed by atoms with Crippen molar-refractivity contribution in [2.24, 2.45) is 5.73 Å². The number of primary amides is 1. The lowest BCUT2D eigenvalue weighted by molar-refractivity contribution is 0.0994. The van der Waals surface area contributed by atoms with Crippen molar-refractivity contribution in [3.8, 4) is 16.9 Å². The van der Waals surface area contributed by atoms with Gasteiger partial charge in [0.1, 0.15) is 0 Å². The number of carbonyl (C=O) groups excluding carboxylic acids is 1. The third-order valence-corrected chi connectivity index (χ3v) is 6.97. The van der Waals surface area contributed by atoms with Crippen LogP contribution in [0.5, 0.6) is 0 Å². The number of nitrogen functional groups attached to an aromatic ring is 1. The number of rotatable bonds is 7. The summed E-state index contributed by atoms with van der Waals surface area (Å²) < 4.78 is 29.4. The first-order valence-corrected chi connectivity index (χ1v) is 11.7. The van der Waals surface area contributed by atoms with Gasteiger partial charge in [0.25, 0.3) is 5.91 Å². The molecule has 0 unspecified atom stereocenters. The van der Waals surface area contributed by atoms with Gasteiger partial charge in [-0.3, -0.25) is 4.79 Å². The zero-order valence-corrected chi connectivity index (χ0v) is 18.8. The van der Waals surface area contributed by atoms with Crippen molar-refractivity contribution in [3.05, 3.63) is 59.3 Å². The topological polar surface area (TPSA) is 136 Å². The molecule has 0 aliphatic heterocycles. The van der Waals surface area contributed by atoms with Gasteiger partial charge in [0.15, 0.2) is 5.69 Å². The standard InChI is InChI=1S/C22H26N6O3S/c1-27(2)12-11-25-32(30,31)17-8-6-16(7-9-17)28-21-18(20(26-28)22(24)29)10-4-14-3-5-15(23)13-19(14)21/h3,5-9,13,25H,4,10-12,23H2,1-2H3,(H2,24,29). The summed E-state index contributed by atoms with van der Waals surface area (Å²) in [5.74, 6) is -0.600. The summed E-state index contributed by atoms with van der Waals surface area (Å²) in [5.41, 5.74) is 16.6. The number of carbonyl (C=O) groups is 1. The van der Waals surface area contributed by atoms with Gasteiger partial charge >= 0.3 is 0 Å². The van der Waals surface area contributed by atoms with Crippen LogP contribution in [0.1, 0.15) is 21.6 Å². The number of aryl methyl sites for hydroxylation is 1. The highest BCUT2D eigenvalue weighted by Gasteiger charge is 2.28. The number of nitrogens with one attached hydrogen (secondary N) is 1. The number of amides is 1. The Balaban J connectivity index is 1.75. The molecule has 0 saturated carbocycles. The van der Waals surface area contributed by atoms with Crippen molar-refractivity contribution in [3.63, 3.8) is 0 Å². The highest BCUT2D eigenvalue weighted by molar-refractivity contribution is 7.89. The Kier molecular flexibility index (Phi) is 5.76. The number of likely N-dealkylation sites (N-methyl/N-ethyl adjacent to an activating group) is 1. The van der Waals surface area contributed by atoms with Crippen LogP contribution in [0.4, 0.5) is 5.69 Å². The molecule has 3 aromatic rings. The molecule has 10 heteroatoms. The van der Waals surface area contributed by atoms with E-state index in [1.54, 1.807) is 16.8 Å². The fraction of sp³-hybridized carbons (Fsp3) is 0.273. The van der Waals surface area contributed by atoms with Crippen LogP contribution in [-0.4, -0.2) is 56.2 Å². The molecule has 32 heavy (non-hydrogen) atoms. The first kappa shape index (κ1) is 22.0. The minimum Gasteiger partial charge on any atom is -0.399 e. The lowest BCUT2D eigenvalue weighted by Crippen LogP contribution is -2.31. The molecule has 0 atom stereocenters. The predicted molar refractivity (Wildman–Crippen MR) is 123 cm³/mol. The van der Waals surface area contributed by atoms with Gasteiger partial charge in [-0.1, -0.05) is 6.07 Å². The molecule has 4 rings (SSSR count). The number of nitrogens with zero attached hydrogens (tertiary/aromatic N) is 3. The molecule has 0 spiro atoms. The number of hydrogen-bond acceptors (Lipinski definition) is 6. The van der Waals surface area contributed by atoms with Crippen molar-refractivity contribution in [2.75, 3.05) is 32.9 Å². The van der Waals surface area contributed by atoms with Gasteiger partial charge in [0, 0.05) is 29.9 Å². The Morgan fingerprint density at radius 1 is 1.16 bits per heavy atom. The first-order valence-electron chi connectivity index (χ1n) is 10.2. The summed E-state index contributed by atoms with van der Waals surface area (Å²) >= 11 is 0. The second-order valence-electron chi connectivity index (χ2n) is 8.06. The zero-order valence-electron chi connectivity index (χ0n) is 18.0. The normalized spacial score (nSPS) is 13.1. The van der Waals surface area contributed by atoms with E-state index in [-0.39, 0.29) is 10.6 Å². The van der Waals surface area contributed by atoms with E-state index in [2.05, 4.69) is 9.82 Å². The van der Waals surface area contributed by atoms with E-state index in [0.717, 1.165) is 28.8 Å². The molecule has 0 fully saturated rings. The van der Waals surface area contributed by atoms with Gasteiger partial charge in [0.05, 0.1) is 16.3 Å². The molecule has 1 aromatic heterocycles. The SMILES string of the molecule is CN(C)CCNS(=O)(=O)c1ccc(-n2nc(C(N)=O)c3c2-c2cc(N)ccc2CC3)cc1. The molecule has 0 saturated heterocycles.